The zero-order chi connectivity index (χ0) is 19.0. The maximum atomic E-state index is 13.5. The van der Waals surface area contributed by atoms with Gasteiger partial charge in [0, 0.05) is 11.7 Å². The first-order valence-corrected chi connectivity index (χ1v) is 8.51. The fourth-order valence-electron chi connectivity index (χ4n) is 3.12. The van der Waals surface area contributed by atoms with Crippen molar-refractivity contribution in [2.75, 3.05) is 5.32 Å². The second kappa shape index (κ2) is 6.75. The number of aryl methyl sites for hydroxylation is 2. The minimum Gasteiger partial charge on any atom is -0.320 e. The number of carbonyl (C=O) groups is 1. The molecule has 0 saturated heterocycles. The van der Waals surface area contributed by atoms with Crippen LogP contribution in [0.15, 0.2) is 47.3 Å². The number of amides is 1. The Bertz CT molecular complexity index is 1070. The lowest BCUT2D eigenvalue weighted by atomic mass is 10.1. The van der Waals surface area contributed by atoms with Gasteiger partial charge in [0.25, 0.3) is 11.5 Å². The van der Waals surface area contributed by atoms with Gasteiger partial charge < -0.3 is 9.88 Å². The molecule has 0 aliphatic heterocycles. The molecule has 5 heteroatoms. The van der Waals surface area contributed by atoms with Gasteiger partial charge in [0.2, 0.25) is 0 Å². The van der Waals surface area contributed by atoms with Crippen molar-refractivity contribution in [2.45, 2.75) is 33.7 Å². The molecule has 0 unspecified atom stereocenters. The van der Waals surface area contributed by atoms with Crippen LogP contribution in [0.3, 0.4) is 0 Å². The van der Waals surface area contributed by atoms with Gasteiger partial charge in [-0.25, -0.2) is 4.39 Å². The zero-order valence-electron chi connectivity index (χ0n) is 15.3. The molecule has 0 aliphatic rings. The molecule has 1 N–H and O–H groups in total. The number of pyridine rings is 1. The standard InChI is InChI=1S/C21H21FN2O2/c1-12(2)24-19(10-15-6-7-16(22)11-17(15)21(24)26)20(25)23-18-8-5-13(3)9-14(18)4/h5-12H,1-4H3,(H,23,25). The zero-order valence-corrected chi connectivity index (χ0v) is 15.3. The quantitative estimate of drug-likeness (QED) is 0.749. The molecule has 3 aromatic rings. The molecule has 0 fully saturated rings. The van der Waals surface area contributed by atoms with E-state index < -0.39 is 5.82 Å². The third-order valence-corrected chi connectivity index (χ3v) is 4.40. The molecule has 0 bridgehead atoms. The van der Waals surface area contributed by atoms with Crippen molar-refractivity contribution in [2.24, 2.45) is 0 Å². The monoisotopic (exact) mass is 352 g/mol. The molecule has 0 atom stereocenters. The average Bonchev–Trinajstić information content (AvgIpc) is 2.57. The fraction of sp³-hybridized carbons (Fsp3) is 0.238. The van der Waals surface area contributed by atoms with Crippen LogP contribution in [0.1, 0.15) is 41.5 Å². The first-order chi connectivity index (χ1) is 12.3. The number of benzene rings is 2. The Hall–Kier alpha value is -2.95. The SMILES string of the molecule is Cc1ccc(NC(=O)c2cc3ccc(F)cc3c(=O)n2C(C)C)c(C)c1. The minimum atomic E-state index is -0.475. The Morgan fingerprint density at radius 1 is 1.08 bits per heavy atom. The fourth-order valence-corrected chi connectivity index (χ4v) is 3.12. The van der Waals surface area contributed by atoms with Crippen molar-refractivity contribution >= 4 is 22.4 Å². The van der Waals surface area contributed by atoms with Gasteiger partial charge in [0.05, 0.1) is 5.39 Å². The molecule has 0 aliphatic carbocycles. The maximum Gasteiger partial charge on any atom is 0.272 e. The van der Waals surface area contributed by atoms with Crippen LogP contribution in [0.2, 0.25) is 0 Å². The first kappa shape index (κ1) is 17.9. The number of hydrogen-bond donors (Lipinski definition) is 1. The molecule has 4 nitrogen and oxygen atoms in total. The van der Waals surface area contributed by atoms with Crippen LogP contribution in [0.25, 0.3) is 10.8 Å². The van der Waals surface area contributed by atoms with E-state index in [0.717, 1.165) is 11.1 Å². The third-order valence-electron chi connectivity index (χ3n) is 4.40. The van der Waals surface area contributed by atoms with Crippen LogP contribution >= 0.6 is 0 Å². The van der Waals surface area contributed by atoms with E-state index in [-0.39, 0.29) is 28.6 Å². The molecule has 0 saturated carbocycles. The third kappa shape index (κ3) is 3.25. The van der Waals surface area contributed by atoms with Crippen molar-refractivity contribution in [3.8, 4) is 0 Å². The van der Waals surface area contributed by atoms with Crippen LogP contribution < -0.4 is 10.9 Å². The summed E-state index contributed by atoms with van der Waals surface area (Å²) in [4.78, 5) is 25.7. The Morgan fingerprint density at radius 3 is 2.46 bits per heavy atom. The van der Waals surface area contributed by atoms with Crippen molar-refractivity contribution < 1.29 is 9.18 Å². The number of fused-ring (bicyclic) bond motifs is 1. The summed E-state index contributed by atoms with van der Waals surface area (Å²) in [5, 5.41) is 3.69. The summed E-state index contributed by atoms with van der Waals surface area (Å²) in [5.41, 5.74) is 2.63. The molecule has 26 heavy (non-hydrogen) atoms. The molecule has 0 radical (unpaired) electrons. The highest BCUT2D eigenvalue weighted by molar-refractivity contribution is 6.05. The second-order valence-corrected chi connectivity index (χ2v) is 6.80. The van der Waals surface area contributed by atoms with Crippen LogP contribution in [0.4, 0.5) is 10.1 Å². The van der Waals surface area contributed by atoms with E-state index in [2.05, 4.69) is 5.32 Å². The van der Waals surface area contributed by atoms with Gasteiger partial charge in [-0.05, 0) is 62.9 Å². The molecular formula is C21H21FN2O2. The number of nitrogens with one attached hydrogen (secondary N) is 1. The van der Waals surface area contributed by atoms with Crippen LogP contribution in [0.5, 0.6) is 0 Å². The topological polar surface area (TPSA) is 51.1 Å². The van der Waals surface area contributed by atoms with Crippen molar-refractivity contribution in [1.82, 2.24) is 4.57 Å². The first-order valence-electron chi connectivity index (χ1n) is 8.51. The molecule has 0 spiro atoms. The Labute approximate surface area is 151 Å². The summed E-state index contributed by atoms with van der Waals surface area (Å²) in [6, 6.07) is 11.1. The highest BCUT2D eigenvalue weighted by Crippen LogP contribution is 2.20. The van der Waals surface area contributed by atoms with Gasteiger partial charge in [0.15, 0.2) is 0 Å². The summed E-state index contributed by atoms with van der Waals surface area (Å²) >= 11 is 0. The smallest absolute Gasteiger partial charge is 0.272 e. The van der Waals surface area contributed by atoms with Gasteiger partial charge in [-0.3, -0.25) is 9.59 Å². The van der Waals surface area contributed by atoms with Gasteiger partial charge >= 0.3 is 0 Å². The summed E-state index contributed by atoms with van der Waals surface area (Å²) in [7, 11) is 0. The van der Waals surface area contributed by atoms with E-state index in [4.69, 9.17) is 0 Å². The Morgan fingerprint density at radius 2 is 1.81 bits per heavy atom. The predicted octanol–water partition coefficient (Wildman–Crippen LogP) is 4.59. The minimum absolute atomic E-state index is 0.241. The summed E-state index contributed by atoms with van der Waals surface area (Å²) < 4.78 is 14.9. The highest BCUT2D eigenvalue weighted by atomic mass is 19.1. The van der Waals surface area contributed by atoms with Gasteiger partial charge in [0.1, 0.15) is 11.5 Å². The molecular weight excluding hydrogens is 331 g/mol. The lowest BCUT2D eigenvalue weighted by molar-refractivity contribution is 0.101. The average molecular weight is 352 g/mol. The predicted molar refractivity (Wildman–Crippen MR) is 102 cm³/mol. The van der Waals surface area contributed by atoms with Crippen molar-refractivity contribution in [3.05, 3.63) is 75.5 Å². The molecule has 1 amide bonds. The van der Waals surface area contributed by atoms with Crippen molar-refractivity contribution in [3.63, 3.8) is 0 Å². The number of carbonyl (C=O) groups excluding carboxylic acids is 1. The van der Waals surface area contributed by atoms with Gasteiger partial charge in [-0.1, -0.05) is 23.8 Å². The molecule has 1 heterocycles. The second-order valence-electron chi connectivity index (χ2n) is 6.80. The summed E-state index contributed by atoms with van der Waals surface area (Å²) in [6.07, 6.45) is 0. The number of aromatic nitrogens is 1. The number of hydrogen-bond acceptors (Lipinski definition) is 2. The lowest BCUT2D eigenvalue weighted by Crippen LogP contribution is -2.30. The highest BCUT2D eigenvalue weighted by Gasteiger charge is 2.18. The summed E-state index contributed by atoms with van der Waals surface area (Å²) in [6.45, 7) is 7.54. The van der Waals surface area contributed by atoms with E-state index in [1.165, 1.54) is 22.8 Å². The molecule has 2 aromatic carbocycles. The van der Waals surface area contributed by atoms with E-state index in [1.807, 2.05) is 45.9 Å². The van der Waals surface area contributed by atoms with Gasteiger partial charge in [-0.15, -0.1) is 0 Å². The molecule has 134 valence electrons. The Balaban J connectivity index is 2.13. The number of halogens is 1. The lowest BCUT2D eigenvalue weighted by Gasteiger charge is -2.18. The summed E-state index contributed by atoms with van der Waals surface area (Å²) in [5.74, 6) is -0.841. The Kier molecular flexibility index (Phi) is 4.64. The van der Waals surface area contributed by atoms with E-state index in [1.54, 1.807) is 6.07 Å². The van der Waals surface area contributed by atoms with E-state index in [0.29, 0.717) is 11.1 Å². The largest absolute Gasteiger partial charge is 0.320 e. The number of rotatable bonds is 3. The van der Waals surface area contributed by atoms with Gasteiger partial charge in [-0.2, -0.15) is 0 Å². The van der Waals surface area contributed by atoms with E-state index >= 15 is 0 Å². The number of anilines is 1. The molecule has 1 aromatic heterocycles. The normalized spacial score (nSPS) is 11.2. The van der Waals surface area contributed by atoms with E-state index in [9.17, 15) is 14.0 Å². The molecule has 3 rings (SSSR count). The maximum absolute atomic E-state index is 13.5. The number of nitrogens with zero attached hydrogens (tertiary/aromatic N) is 1. The van der Waals surface area contributed by atoms with Crippen LogP contribution in [0, 0.1) is 19.7 Å². The van der Waals surface area contributed by atoms with Crippen LogP contribution in [-0.4, -0.2) is 10.5 Å². The van der Waals surface area contributed by atoms with Crippen molar-refractivity contribution in [1.29, 1.82) is 0 Å². The van der Waals surface area contributed by atoms with Crippen LogP contribution in [-0.2, 0) is 0 Å².